The van der Waals surface area contributed by atoms with Crippen molar-refractivity contribution in [3.05, 3.63) is 34.4 Å². The monoisotopic (exact) mass is 206 g/mol. The van der Waals surface area contributed by atoms with Crippen LogP contribution in [0.5, 0.6) is 0 Å². The van der Waals surface area contributed by atoms with E-state index in [0.29, 0.717) is 0 Å². The SMILES string of the molecule is CC(C)(O)c1cc(F)cc(Cl)c1F. The molecule has 0 saturated carbocycles. The minimum absolute atomic E-state index is 0.141. The lowest BCUT2D eigenvalue weighted by atomic mass is 9.98. The average Bonchev–Trinajstić information content (AvgIpc) is 1.94. The second-order valence-corrected chi connectivity index (χ2v) is 3.72. The molecule has 0 unspecified atom stereocenters. The van der Waals surface area contributed by atoms with Crippen molar-refractivity contribution in [3.8, 4) is 0 Å². The van der Waals surface area contributed by atoms with E-state index < -0.39 is 17.2 Å². The van der Waals surface area contributed by atoms with E-state index in [1.54, 1.807) is 0 Å². The van der Waals surface area contributed by atoms with Crippen molar-refractivity contribution < 1.29 is 13.9 Å². The predicted octanol–water partition coefficient (Wildman–Crippen LogP) is 2.85. The van der Waals surface area contributed by atoms with Gasteiger partial charge in [0.05, 0.1) is 10.6 Å². The molecule has 0 aliphatic heterocycles. The highest BCUT2D eigenvalue weighted by molar-refractivity contribution is 6.30. The standard InChI is InChI=1S/C9H9ClF2O/c1-9(2,13)6-3-5(11)4-7(10)8(6)12/h3-4,13H,1-2H3. The molecule has 1 rings (SSSR count). The van der Waals surface area contributed by atoms with Crippen LogP contribution in [-0.4, -0.2) is 5.11 Å². The molecule has 1 nitrogen and oxygen atoms in total. The van der Waals surface area contributed by atoms with Crippen LogP contribution in [0, 0.1) is 11.6 Å². The zero-order valence-electron chi connectivity index (χ0n) is 7.24. The first kappa shape index (κ1) is 10.4. The van der Waals surface area contributed by atoms with Gasteiger partial charge >= 0.3 is 0 Å². The minimum atomic E-state index is -1.43. The molecule has 0 heterocycles. The Labute approximate surface area is 80.0 Å². The number of benzene rings is 1. The molecule has 0 fully saturated rings. The Hall–Kier alpha value is -0.670. The van der Waals surface area contributed by atoms with Crippen LogP contribution in [0.1, 0.15) is 19.4 Å². The summed E-state index contributed by atoms with van der Waals surface area (Å²) in [5, 5.41) is 9.13. The van der Waals surface area contributed by atoms with E-state index in [0.717, 1.165) is 12.1 Å². The van der Waals surface area contributed by atoms with Crippen LogP contribution in [0.3, 0.4) is 0 Å². The van der Waals surface area contributed by atoms with Gasteiger partial charge < -0.3 is 5.11 Å². The highest BCUT2D eigenvalue weighted by Crippen LogP contribution is 2.28. The summed E-state index contributed by atoms with van der Waals surface area (Å²) >= 11 is 5.40. The van der Waals surface area contributed by atoms with Crippen LogP contribution in [-0.2, 0) is 5.60 Å². The minimum Gasteiger partial charge on any atom is -0.386 e. The number of rotatable bonds is 1. The van der Waals surface area contributed by atoms with Gasteiger partial charge in [-0.25, -0.2) is 8.78 Å². The molecule has 0 atom stereocenters. The number of halogens is 3. The van der Waals surface area contributed by atoms with Crippen molar-refractivity contribution in [2.24, 2.45) is 0 Å². The van der Waals surface area contributed by atoms with Crippen molar-refractivity contribution in [2.75, 3.05) is 0 Å². The van der Waals surface area contributed by atoms with Crippen molar-refractivity contribution in [1.82, 2.24) is 0 Å². The second-order valence-electron chi connectivity index (χ2n) is 3.31. The molecular weight excluding hydrogens is 198 g/mol. The summed E-state index contributed by atoms with van der Waals surface area (Å²) in [6.07, 6.45) is 0. The zero-order chi connectivity index (χ0) is 10.2. The van der Waals surface area contributed by atoms with Crippen LogP contribution in [0.4, 0.5) is 8.78 Å². The quantitative estimate of drug-likeness (QED) is 0.701. The second kappa shape index (κ2) is 3.24. The Kier molecular flexibility index (Phi) is 2.59. The molecule has 0 aliphatic carbocycles. The van der Waals surface area contributed by atoms with E-state index in [2.05, 4.69) is 0 Å². The Morgan fingerprint density at radius 3 is 2.31 bits per heavy atom. The Morgan fingerprint density at radius 2 is 1.85 bits per heavy atom. The summed E-state index contributed by atoms with van der Waals surface area (Å²) in [6, 6.07) is 1.80. The van der Waals surface area contributed by atoms with Gasteiger partial charge in [0, 0.05) is 5.56 Å². The first-order chi connectivity index (χ1) is 5.82. The smallest absolute Gasteiger partial charge is 0.148 e. The molecule has 1 aromatic rings. The van der Waals surface area contributed by atoms with E-state index in [1.807, 2.05) is 0 Å². The van der Waals surface area contributed by atoms with Gasteiger partial charge in [0.25, 0.3) is 0 Å². The molecule has 0 saturated heterocycles. The predicted molar refractivity (Wildman–Crippen MR) is 46.6 cm³/mol. The van der Waals surface area contributed by atoms with Crippen LogP contribution in [0.25, 0.3) is 0 Å². The lowest BCUT2D eigenvalue weighted by Gasteiger charge is -2.18. The first-order valence-electron chi connectivity index (χ1n) is 3.70. The zero-order valence-corrected chi connectivity index (χ0v) is 7.99. The van der Waals surface area contributed by atoms with Gasteiger partial charge in [-0.2, -0.15) is 0 Å². The van der Waals surface area contributed by atoms with Crippen molar-refractivity contribution in [2.45, 2.75) is 19.4 Å². The molecule has 1 N–H and O–H groups in total. The van der Waals surface area contributed by atoms with Crippen LogP contribution in [0.2, 0.25) is 5.02 Å². The molecule has 4 heteroatoms. The molecule has 13 heavy (non-hydrogen) atoms. The van der Waals surface area contributed by atoms with Gasteiger partial charge in [0.15, 0.2) is 0 Å². The molecule has 1 aromatic carbocycles. The number of aliphatic hydroxyl groups is 1. The topological polar surface area (TPSA) is 20.2 Å². The Bertz CT molecular complexity index is 331. The average molecular weight is 207 g/mol. The van der Waals surface area contributed by atoms with Gasteiger partial charge in [0.1, 0.15) is 11.6 Å². The highest BCUT2D eigenvalue weighted by atomic mass is 35.5. The van der Waals surface area contributed by atoms with Gasteiger partial charge in [-0.15, -0.1) is 0 Å². The van der Waals surface area contributed by atoms with Gasteiger partial charge in [-0.1, -0.05) is 11.6 Å². The first-order valence-corrected chi connectivity index (χ1v) is 4.07. The third kappa shape index (κ3) is 2.17. The summed E-state index contributed by atoms with van der Waals surface area (Å²) in [5.41, 5.74) is -1.58. The molecule has 0 aromatic heterocycles. The van der Waals surface area contributed by atoms with Gasteiger partial charge in [-0.3, -0.25) is 0 Å². The van der Waals surface area contributed by atoms with Crippen molar-refractivity contribution in [1.29, 1.82) is 0 Å². The van der Waals surface area contributed by atoms with E-state index >= 15 is 0 Å². The molecule has 0 spiro atoms. The van der Waals surface area contributed by atoms with E-state index in [-0.39, 0.29) is 10.6 Å². The number of hydrogen-bond acceptors (Lipinski definition) is 1. The summed E-state index contributed by atoms with van der Waals surface area (Å²) in [5.74, 6) is -1.45. The maximum atomic E-state index is 13.2. The maximum absolute atomic E-state index is 13.2. The summed E-state index contributed by atoms with van der Waals surface area (Å²) in [6.45, 7) is 2.72. The van der Waals surface area contributed by atoms with E-state index in [4.69, 9.17) is 11.6 Å². The molecule has 72 valence electrons. The van der Waals surface area contributed by atoms with Crippen LogP contribution >= 0.6 is 11.6 Å². The maximum Gasteiger partial charge on any atom is 0.148 e. The fourth-order valence-electron chi connectivity index (χ4n) is 1.00. The van der Waals surface area contributed by atoms with E-state index in [1.165, 1.54) is 13.8 Å². The molecule has 0 amide bonds. The molecule has 0 aliphatic rings. The van der Waals surface area contributed by atoms with Crippen LogP contribution < -0.4 is 0 Å². The summed E-state index contributed by atoms with van der Waals surface area (Å²) < 4.78 is 26.0. The third-order valence-electron chi connectivity index (χ3n) is 1.65. The number of hydrogen-bond donors (Lipinski definition) is 1. The highest BCUT2D eigenvalue weighted by Gasteiger charge is 2.23. The van der Waals surface area contributed by atoms with Gasteiger partial charge in [0.2, 0.25) is 0 Å². The van der Waals surface area contributed by atoms with Gasteiger partial charge in [-0.05, 0) is 26.0 Å². The largest absolute Gasteiger partial charge is 0.386 e. The lowest BCUT2D eigenvalue weighted by Crippen LogP contribution is -2.18. The molecular formula is C9H9ClF2O. The lowest BCUT2D eigenvalue weighted by molar-refractivity contribution is 0.0741. The fourth-order valence-corrected chi connectivity index (χ4v) is 1.21. The molecule has 0 bridgehead atoms. The summed E-state index contributed by atoms with van der Waals surface area (Å²) in [4.78, 5) is 0. The van der Waals surface area contributed by atoms with Crippen molar-refractivity contribution in [3.63, 3.8) is 0 Å². The molecule has 0 radical (unpaired) electrons. The normalized spacial score (nSPS) is 11.8. The van der Waals surface area contributed by atoms with Crippen molar-refractivity contribution >= 4 is 11.6 Å². The Balaban J connectivity index is 3.37. The fraction of sp³-hybridized carbons (Fsp3) is 0.333. The Morgan fingerprint density at radius 1 is 1.31 bits per heavy atom. The third-order valence-corrected chi connectivity index (χ3v) is 1.93. The van der Waals surface area contributed by atoms with E-state index in [9.17, 15) is 13.9 Å². The van der Waals surface area contributed by atoms with Crippen LogP contribution in [0.15, 0.2) is 12.1 Å². The summed E-state index contributed by atoms with van der Waals surface area (Å²) in [7, 11) is 0.